The Morgan fingerprint density at radius 3 is 2.47 bits per heavy atom. The Morgan fingerprint density at radius 1 is 0.933 bits per heavy atom. The van der Waals surface area contributed by atoms with E-state index in [4.69, 9.17) is 4.74 Å². The zero-order valence-corrected chi connectivity index (χ0v) is 17.6. The Hall–Kier alpha value is -3.07. The van der Waals surface area contributed by atoms with Crippen molar-refractivity contribution in [3.63, 3.8) is 0 Å². The summed E-state index contributed by atoms with van der Waals surface area (Å²) in [5.74, 6) is 0.516. The molecule has 0 heterocycles. The number of carbonyl (C=O) groups is 1. The van der Waals surface area contributed by atoms with E-state index in [1.54, 1.807) is 0 Å². The molecule has 1 aliphatic rings. The van der Waals surface area contributed by atoms with E-state index in [9.17, 15) is 4.79 Å². The highest BCUT2D eigenvalue weighted by Gasteiger charge is 2.19. The third-order valence-corrected chi connectivity index (χ3v) is 5.86. The van der Waals surface area contributed by atoms with Gasteiger partial charge in [-0.3, -0.25) is 4.79 Å². The van der Waals surface area contributed by atoms with E-state index < -0.39 is 0 Å². The molecule has 0 saturated carbocycles. The molecule has 0 bridgehead atoms. The van der Waals surface area contributed by atoms with Gasteiger partial charge in [0.1, 0.15) is 12.4 Å². The van der Waals surface area contributed by atoms with E-state index >= 15 is 0 Å². The highest BCUT2D eigenvalue weighted by Crippen LogP contribution is 2.27. The number of ether oxygens (including phenoxy) is 1. The van der Waals surface area contributed by atoms with Gasteiger partial charge in [0.05, 0.1) is 11.6 Å². The first-order chi connectivity index (χ1) is 14.7. The summed E-state index contributed by atoms with van der Waals surface area (Å²) >= 11 is 0. The molecule has 0 aromatic heterocycles. The molecule has 4 rings (SSSR count). The molecule has 1 aliphatic carbocycles. The van der Waals surface area contributed by atoms with Crippen molar-refractivity contribution in [2.75, 3.05) is 0 Å². The molecule has 1 amide bonds. The van der Waals surface area contributed by atoms with Crippen LogP contribution in [0.1, 0.15) is 64.8 Å². The van der Waals surface area contributed by atoms with Crippen LogP contribution in [0.5, 0.6) is 5.75 Å². The summed E-state index contributed by atoms with van der Waals surface area (Å²) in [5, 5.41) is 3.23. The minimum Gasteiger partial charge on any atom is -0.488 e. The van der Waals surface area contributed by atoms with Crippen molar-refractivity contribution in [2.45, 2.75) is 51.7 Å². The lowest BCUT2D eigenvalue weighted by Gasteiger charge is -2.22. The molecular formula is C27H29NO2. The van der Waals surface area contributed by atoms with Gasteiger partial charge in [-0.25, -0.2) is 0 Å². The SMILES string of the molecule is CCC(NC(=O)c1ccccc1OCc1ccccc1)c1ccc2c(c1)CCCC2. The van der Waals surface area contributed by atoms with Crippen molar-refractivity contribution in [1.29, 1.82) is 0 Å². The normalized spacial score (nSPS) is 13.9. The van der Waals surface area contributed by atoms with Crippen molar-refractivity contribution in [1.82, 2.24) is 5.32 Å². The summed E-state index contributed by atoms with van der Waals surface area (Å²) in [6.07, 6.45) is 5.69. The molecule has 1 unspecified atom stereocenters. The van der Waals surface area contributed by atoms with Gasteiger partial charge >= 0.3 is 0 Å². The molecule has 0 spiro atoms. The van der Waals surface area contributed by atoms with Crippen LogP contribution in [-0.2, 0) is 19.4 Å². The number of aryl methyl sites for hydroxylation is 2. The molecule has 3 aromatic rings. The van der Waals surface area contributed by atoms with E-state index in [2.05, 4.69) is 30.4 Å². The standard InChI is InChI=1S/C27H29NO2/c1-2-25(23-17-16-21-12-6-7-13-22(21)18-23)28-27(29)24-14-8-9-15-26(24)30-19-20-10-4-3-5-11-20/h3-5,8-11,14-18,25H,2,6-7,12-13,19H2,1H3,(H,28,29). The molecule has 1 N–H and O–H groups in total. The van der Waals surface area contributed by atoms with Crippen LogP contribution in [0.4, 0.5) is 0 Å². The van der Waals surface area contributed by atoms with Gasteiger partial charge in [0.15, 0.2) is 0 Å². The zero-order chi connectivity index (χ0) is 20.8. The Labute approximate surface area is 179 Å². The van der Waals surface area contributed by atoms with Gasteiger partial charge in [0, 0.05) is 0 Å². The topological polar surface area (TPSA) is 38.3 Å². The van der Waals surface area contributed by atoms with E-state index in [0.717, 1.165) is 18.4 Å². The molecule has 0 saturated heterocycles. The van der Waals surface area contributed by atoms with Gasteiger partial charge in [0.2, 0.25) is 0 Å². The maximum atomic E-state index is 13.1. The van der Waals surface area contributed by atoms with Gasteiger partial charge < -0.3 is 10.1 Å². The number of para-hydroxylation sites is 1. The van der Waals surface area contributed by atoms with Crippen LogP contribution in [0.25, 0.3) is 0 Å². The van der Waals surface area contributed by atoms with Gasteiger partial charge in [0.25, 0.3) is 5.91 Å². The summed E-state index contributed by atoms with van der Waals surface area (Å²) in [7, 11) is 0. The minimum absolute atomic E-state index is 0.00749. The fourth-order valence-electron chi connectivity index (χ4n) is 4.14. The fraction of sp³-hybridized carbons (Fsp3) is 0.296. The molecule has 3 heteroatoms. The van der Waals surface area contributed by atoms with Crippen LogP contribution in [-0.4, -0.2) is 5.91 Å². The quantitative estimate of drug-likeness (QED) is 0.527. The molecule has 0 aliphatic heterocycles. The second-order valence-electron chi connectivity index (χ2n) is 7.94. The van der Waals surface area contributed by atoms with Gasteiger partial charge in [-0.05, 0) is 66.5 Å². The number of amides is 1. The number of hydrogen-bond acceptors (Lipinski definition) is 2. The van der Waals surface area contributed by atoms with Gasteiger partial charge in [-0.1, -0.05) is 67.6 Å². The van der Waals surface area contributed by atoms with Crippen molar-refractivity contribution < 1.29 is 9.53 Å². The molecule has 0 fully saturated rings. The second-order valence-corrected chi connectivity index (χ2v) is 7.94. The Balaban J connectivity index is 1.48. The lowest BCUT2D eigenvalue weighted by atomic mass is 9.88. The number of benzene rings is 3. The van der Waals surface area contributed by atoms with Gasteiger partial charge in [-0.2, -0.15) is 0 Å². The molecule has 154 valence electrons. The van der Waals surface area contributed by atoms with Crippen molar-refractivity contribution in [3.8, 4) is 5.75 Å². The summed E-state index contributed by atoms with van der Waals surface area (Å²) in [4.78, 5) is 13.1. The lowest BCUT2D eigenvalue weighted by Crippen LogP contribution is -2.28. The zero-order valence-electron chi connectivity index (χ0n) is 17.6. The maximum absolute atomic E-state index is 13.1. The Morgan fingerprint density at radius 2 is 1.67 bits per heavy atom. The van der Waals surface area contributed by atoms with Crippen LogP contribution in [0, 0.1) is 0 Å². The maximum Gasteiger partial charge on any atom is 0.255 e. The molecule has 1 atom stereocenters. The first-order valence-electron chi connectivity index (χ1n) is 10.9. The van der Waals surface area contributed by atoms with E-state index in [-0.39, 0.29) is 11.9 Å². The van der Waals surface area contributed by atoms with Crippen LogP contribution >= 0.6 is 0 Å². The van der Waals surface area contributed by atoms with Crippen LogP contribution < -0.4 is 10.1 Å². The number of rotatable bonds is 7. The highest BCUT2D eigenvalue weighted by atomic mass is 16.5. The van der Waals surface area contributed by atoms with E-state index in [1.807, 2.05) is 54.6 Å². The molecule has 3 nitrogen and oxygen atoms in total. The Kier molecular flexibility index (Phi) is 6.48. The first-order valence-corrected chi connectivity index (χ1v) is 10.9. The average molecular weight is 400 g/mol. The minimum atomic E-state index is -0.0942. The largest absolute Gasteiger partial charge is 0.488 e. The highest BCUT2D eigenvalue weighted by molar-refractivity contribution is 5.97. The molecule has 30 heavy (non-hydrogen) atoms. The summed E-state index contributed by atoms with van der Waals surface area (Å²) in [6.45, 7) is 2.55. The van der Waals surface area contributed by atoms with E-state index in [1.165, 1.54) is 36.0 Å². The fourth-order valence-corrected chi connectivity index (χ4v) is 4.14. The molecule has 3 aromatic carbocycles. The monoisotopic (exact) mass is 399 g/mol. The summed E-state index contributed by atoms with van der Waals surface area (Å²) in [5.41, 5.74) is 5.75. The number of hydrogen-bond donors (Lipinski definition) is 1. The average Bonchev–Trinajstić information content (AvgIpc) is 2.81. The van der Waals surface area contributed by atoms with E-state index in [0.29, 0.717) is 17.9 Å². The third kappa shape index (κ3) is 4.73. The number of fused-ring (bicyclic) bond motifs is 1. The smallest absolute Gasteiger partial charge is 0.255 e. The predicted molar refractivity (Wildman–Crippen MR) is 121 cm³/mol. The van der Waals surface area contributed by atoms with Crippen molar-refractivity contribution in [2.24, 2.45) is 0 Å². The van der Waals surface area contributed by atoms with Gasteiger partial charge in [-0.15, -0.1) is 0 Å². The second kappa shape index (κ2) is 9.62. The number of carbonyl (C=O) groups excluding carboxylic acids is 1. The predicted octanol–water partition coefficient (Wildman–Crippen LogP) is 6.03. The molecular weight excluding hydrogens is 370 g/mol. The van der Waals surface area contributed by atoms with Crippen LogP contribution in [0.2, 0.25) is 0 Å². The van der Waals surface area contributed by atoms with Crippen molar-refractivity contribution in [3.05, 3.63) is 101 Å². The number of nitrogens with one attached hydrogen (secondary N) is 1. The summed E-state index contributed by atoms with van der Waals surface area (Å²) < 4.78 is 5.98. The summed E-state index contributed by atoms with van der Waals surface area (Å²) in [6, 6.07) is 24.2. The molecule has 0 radical (unpaired) electrons. The first kappa shape index (κ1) is 20.2. The van der Waals surface area contributed by atoms with Crippen LogP contribution in [0.15, 0.2) is 72.8 Å². The van der Waals surface area contributed by atoms with Crippen LogP contribution in [0.3, 0.4) is 0 Å². The van der Waals surface area contributed by atoms with Crippen molar-refractivity contribution >= 4 is 5.91 Å². The third-order valence-electron chi connectivity index (χ3n) is 5.86. The lowest BCUT2D eigenvalue weighted by molar-refractivity contribution is 0.0931. The Bertz CT molecular complexity index is 997.